The highest BCUT2D eigenvalue weighted by Crippen LogP contribution is 2.33. The van der Waals surface area contributed by atoms with Crippen LogP contribution in [0.3, 0.4) is 0 Å². The molecule has 1 aromatic rings. The predicted octanol–water partition coefficient (Wildman–Crippen LogP) is 2.62. The molecule has 0 bridgehead atoms. The van der Waals surface area contributed by atoms with E-state index in [2.05, 4.69) is 50.8 Å². The average molecular weight is 218 g/mol. The normalized spacial score (nSPS) is 23.8. The molecule has 1 saturated heterocycles. The molecule has 1 heterocycles. The van der Waals surface area contributed by atoms with Gasteiger partial charge in [-0.25, -0.2) is 0 Å². The van der Waals surface area contributed by atoms with Crippen molar-refractivity contribution in [2.24, 2.45) is 5.73 Å². The molecule has 1 aliphatic rings. The lowest BCUT2D eigenvalue weighted by molar-refractivity contribution is 0.506. The van der Waals surface area contributed by atoms with Gasteiger partial charge in [0.1, 0.15) is 0 Å². The summed E-state index contributed by atoms with van der Waals surface area (Å²) in [5, 5.41) is 0. The molecule has 1 unspecified atom stereocenters. The molecule has 16 heavy (non-hydrogen) atoms. The maximum atomic E-state index is 6.07. The zero-order chi connectivity index (χ0) is 11.9. The minimum absolute atomic E-state index is 0.180. The van der Waals surface area contributed by atoms with Crippen LogP contribution in [0.1, 0.15) is 31.4 Å². The molecule has 0 aromatic heterocycles. The monoisotopic (exact) mass is 218 g/mol. The van der Waals surface area contributed by atoms with Gasteiger partial charge in [0.15, 0.2) is 0 Å². The molecule has 0 aliphatic carbocycles. The number of aryl methyl sites for hydroxylation is 2. The van der Waals surface area contributed by atoms with Gasteiger partial charge in [-0.3, -0.25) is 0 Å². The first-order valence-electron chi connectivity index (χ1n) is 6.00. The van der Waals surface area contributed by atoms with E-state index in [0.29, 0.717) is 6.04 Å². The van der Waals surface area contributed by atoms with Gasteiger partial charge in [0.25, 0.3) is 0 Å². The van der Waals surface area contributed by atoms with E-state index in [0.717, 1.165) is 13.0 Å². The first-order chi connectivity index (χ1) is 7.38. The molecule has 1 atom stereocenters. The quantitative estimate of drug-likeness (QED) is 0.785. The zero-order valence-electron chi connectivity index (χ0n) is 10.7. The van der Waals surface area contributed by atoms with E-state index in [9.17, 15) is 0 Å². The molecule has 0 saturated carbocycles. The van der Waals surface area contributed by atoms with E-state index in [1.54, 1.807) is 0 Å². The Morgan fingerprint density at radius 2 is 1.75 bits per heavy atom. The van der Waals surface area contributed by atoms with Crippen LogP contribution in [0.5, 0.6) is 0 Å². The largest absolute Gasteiger partial charge is 0.365 e. The van der Waals surface area contributed by atoms with Gasteiger partial charge in [-0.05, 0) is 57.4 Å². The first-order valence-corrected chi connectivity index (χ1v) is 6.00. The van der Waals surface area contributed by atoms with Gasteiger partial charge in [-0.15, -0.1) is 0 Å². The van der Waals surface area contributed by atoms with Gasteiger partial charge < -0.3 is 10.6 Å². The van der Waals surface area contributed by atoms with Crippen molar-refractivity contribution in [3.8, 4) is 0 Å². The fourth-order valence-electron chi connectivity index (χ4n) is 2.86. The lowest BCUT2D eigenvalue weighted by atomic mass is 9.99. The number of hydrogen-bond donors (Lipinski definition) is 1. The highest BCUT2D eigenvalue weighted by atomic mass is 15.2. The Morgan fingerprint density at radius 3 is 2.19 bits per heavy atom. The molecule has 88 valence electrons. The van der Waals surface area contributed by atoms with Crippen LogP contribution in [-0.4, -0.2) is 18.1 Å². The van der Waals surface area contributed by atoms with Crippen LogP contribution in [0.15, 0.2) is 18.2 Å². The van der Waals surface area contributed by atoms with Crippen LogP contribution in [0.4, 0.5) is 5.69 Å². The molecule has 1 aliphatic heterocycles. The summed E-state index contributed by atoms with van der Waals surface area (Å²) in [6.07, 6.45) is 1.07. The molecule has 2 N–H and O–H groups in total. The summed E-state index contributed by atoms with van der Waals surface area (Å²) in [6.45, 7) is 9.82. The molecule has 2 rings (SSSR count). The van der Waals surface area contributed by atoms with E-state index >= 15 is 0 Å². The lowest BCUT2D eigenvalue weighted by Gasteiger charge is -2.34. The number of rotatable bonds is 1. The molecule has 0 amide bonds. The van der Waals surface area contributed by atoms with E-state index in [4.69, 9.17) is 5.73 Å². The minimum Gasteiger partial charge on any atom is -0.365 e. The van der Waals surface area contributed by atoms with Gasteiger partial charge in [0, 0.05) is 23.8 Å². The summed E-state index contributed by atoms with van der Waals surface area (Å²) < 4.78 is 0. The van der Waals surface area contributed by atoms with Crippen molar-refractivity contribution in [1.29, 1.82) is 0 Å². The number of anilines is 1. The fourth-order valence-corrected chi connectivity index (χ4v) is 2.86. The number of hydrogen-bond acceptors (Lipinski definition) is 2. The van der Waals surface area contributed by atoms with Crippen LogP contribution >= 0.6 is 0 Å². The van der Waals surface area contributed by atoms with Gasteiger partial charge in [-0.2, -0.15) is 0 Å². The predicted molar refractivity (Wildman–Crippen MR) is 69.9 cm³/mol. The van der Waals surface area contributed by atoms with E-state index in [1.165, 1.54) is 16.8 Å². The van der Waals surface area contributed by atoms with Gasteiger partial charge >= 0.3 is 0 Å². The topological polar surface area (TPSA) is 29.3 Å². The second-order valence-corrected chi connectivity index (χ2v) is 5.73. The van der Waals surface area contributed by atoms with Crippen molar-refractivity contribution in [1.82, 2.24) is 0 Å². The van der Waals surface area contributed by atoms with Crippen LogP contribution in [0.25, 0.3) is 0 Å². The fraction of sp³-hybridized carbons (Fsp3) is 0.571. The van der Waals surface area contributed by atoms with Gasteiger partial charge in [0.05, 0.1) is 0 Å². The molecule has 1 aromatic carbocycles. The summed E-state index contributed by atoms with van der Waals surface area (Å²) in [5.41, 5.74) is 10.2. The summed E-state index contributed by atoms with van der Waals surface area (Å²) >= 11 is 0. The van der Waals surface area contributed by atoms with Gasteiger partial charge in [0.2, 0.25) is 0 Å². The third-order valence-corrected chi connectivity index (χ3v) is 3.43. The number of nitrogens with two attached hydrogens (primary N) is 1. The van der Waals surface area contributed by atoms with Crippen LogP contribution in [0.2, 0.25) is 0 Å². The Bertz CT molecular complexity index is 375. The third-order valence-electron chi connectivity index (χ3n) is 3.43. The Kier molecular flexibility index (Phi) is 2.70. The Hall–Kier alpha value is -1.02. The smallest absolute Gasteiger partial charge is 0.0376 e. The molecule has 0 radical (unpaired) electrons. The molecule has 1 fully saturated rings. The molecule has 0 spiro atoms. The standard InChI is InChI=1S/C14H22N2/c1-10-5-11(2)7-13(6-10)16-9-12(15)8-14(16,3)4/h5-7,12H,8-9,15H2,1-4H3. The maximum Gasteiger partial charge on any atom is 0.0376 e. The van der Waals surface area contributed by atoms with Gasteiger partial charge in [-0.1, -0.05) is 6.07 Å². The minimum atomic E-state index is 0.180. The zero-order valence-corrected chi connectivity index (χ0v) is 10.7. The number of benzene rings is 1. The second kappa shape index (κ2) is 3.77. The molecule has 2 heteroatoms. The Balaban J connectivity index is 2.37. The van der Waals surface area contributed by atoms with Crippen molar-refractivity contribution in [2.75, 3.05) is 11.4 Å². The second-order valence-electron chi connectivity index (χ2n) is 5.73. The van der Waals surface area contributed by atoms with Crippen molar-refractivity contribution in [3.05, 3.63) is 29.3 Å². The van der Waals surface area contributed by atoms with E-state index in [-0.39, 0.29) is 5.54 Å². The average Bonchev–Trinajstić information content (AvgIpc) is 2.37. The van der Waals surface area contributed by atoms with Crippen molar-refractivity contribution >= 4 is 5.69 Å². The summed E-state index contributed by atoms with van der Waals surface area (Å²) in [6, 6.07) is 7.03. The van der Waals surface area contributed by atoms with Crippen molar-refractivity contribution in [3.63, 3.8) is 0 Å². The first kappa shape index (κ1) is 11.5. The highest BCUT2D eigenvalue weighted by Gasteiger charge is 2.36. The van der Waals surface area contributed by atoms with E-state index in [1.807, 2.05) is 0 Å². The van der Waals surface area contributed by atoms with Crippen LogP contribution in [-0.2, 0) is 0 Å². The summed E-state index contributed by atoms with van der Waals surface area (Å²) in [5.74, 6) is 0. The lowest BCUT2D eigenvalue weighted by Crippen LogP contribution is -2.38. The Labute approximate surface area is 98.4 Å². The highest BCUT2D eigenvalue weighted by molar-refractivity contribution is 5.54. The summed E-state index contributed by atoms with van der Waals surface area (Å²) in [4.78, 5) is 2.44. The number of nitrogens with zero attached hydrogens (tertiary/aromatic N) is 1. The molecular weight excluding hydrogens is 196 g/mol. The maximum absolute atomic E-state index is 6.07. The van der Waals surface area contributed by atoms with Crippen molar-refractivity contribution < 1.29 is 0 Å². The van der Waals surface area contributed by atoms with Crippen LogP contribution < -0.4 is 10.6 Å². The van der Waals surface area contributed by atoms with Crippen LogP contribution in [0, 0.1) is 13.8 Å². The van der Waals surface area contributed by atoms with E-state index < -0.39 is 0 Å². The summed E-state index contributed by atoms with van der Waals surface area (Å²) in [7, 11) is 0. The Morgan fingerprint density at radius 1 is 1.19 bits per heavy atom. The van der Waals surface area contributed by atoms with Crippen molar-refractivity contribution in [2.45, 2.75) is 45.7 Å². The molecular formula is C14H22N2. The SMILES string of the molecule is Cc1cc(C)cc(N2CC(N)CC2(C)C)c1. The molecule has 2 nitrogen and oxygen atoms in total. The third kappa shape index (κ3) is 2.07.